The van der Waals surface area contributed by atoms with Crippen LogP contribution in [0.2, 0.25) is 0 Å². The highest BCUT2D eigenvalue weighted by Crippen LogP contribution is 2.21. The van der Waals surface area contributed by atoms with Crippen LogP contribution in [0.25, 0.3) is 0 Å². The van der Waals surface area contributed by atoms with Gasteiger partial charge in [0.25, 0.3) is 0 Å². The van der Waals surface area contributed by atoms with Crippen molar-refractivity contribution in [3.05, 3.63) is 29.8 Å². The molecule has 2 unspecified atom stereocenters. The molecule has 9 nitrogen and oxygen atoms in total. The monoisotopic (exact) mass is 516 g/mol. The first-order chi connectivity index (χ1) is 17.2. The van der Waals surface area contributed by atoms with Gasteiger partial charge in [0.2, 0.25) is 17.7 Å². The summed E-state index contributed by atoms with van der Waals surface area (Å²) in [6.07, 6.45) is 0.344. The zero-order chi connectivity index (χ0) is 27.9. The molecule has 206 valence electrons. The molecule has 0 aromatic heterocycles. The minimum Gasteiger partial charge on any atom is -0.444 e. The Morgan fingerprint density at radius 2 is 1.49 bits per heavy atom. The molecular formula is C28H44N4O5. The lowest BCUT2D eigenvalue weighted by Gasteiger charge is -2.35. The molecule has 2 rings (SSSR count). The number of rotatable bonds is 8. The third kappa shape index (κ3) is 9.37. The van der Waals surface area contributed by atoms with Crippen LogP contribution in [0.4, 0.5) is 10.5 Å². The van der Waals surface area contributed by atoms with Crippen molar-refractivity contribution in [1.29, 1.82) is 0 Å². The summed E-state index contributed by atoms with van der Waals surface area (Å²) in [6, 6.07) is 6.27. The number of nitrogens with zero attached hydrogens (tertiary/aromatic N) is 1. The van der Waals surface area contributed by atoms with Crippen LogP contribution in [0.15, 0.2) is 24.3 Å². The molecule has 0 radical (unpaired) electrons. The molecule has 1 fully saturated rings. The van der Waals surface area contributed by atoms with E-state index in [0.717, 1.165) is 0 Å². The molecule has 1 aliphatic rings. The predicted molar refractivity (Wildman–Crippen MR) is 144 cm³/mol. The molecule has 3 N–H and O–H groups in total. The van der Waals surface area contributed by atoms with Crippen LogP contribution >= 0.6 is 0 Å². The third-order valence-electron chi connectivity index (χ3n) is 6.38. The number of anilines is 1. The fourth-order valence-corrected chi connectivity index (χ4v) is 4.11. The predicted octanol–water partition coefficient (Wildman–Crippen LogP) is 4.04. The number of ether oxygens (including phenoxy) is 1. The van der Waals surface area contributed by atoms with Crippen molar-refractivity contribution < 1.29 is 23.9 Å². The lowest BCUT2D eigenvalue weighted by molar-refractivity contribution is -0.138. The van der Waals surface area contributed by atoms with Crippen LogP contribution in [0, 0.1) is 11.8 Å². The molecule has 2 atom stereocenters. The Balaban J connectivity index is 1.85. The average molecular weight is 517 g/mol. The van der Waals surface area contributed by atoms with Crippen LogP contribution in [-0.4, -0.2) is 59.5 Å². The first-order valence-electron chi connectivity index (χ1n) is 13.2. The van der Waals surface area contributed by atoms with E-state index < -0.39 is 23.8 Å². The van der Waals surface area contributed by atoms with Crippen molar-refractivity contribution >= 4 is 29.5 Å². The molecule has 4 amide bonds. The van der Waals surface area contributed by atoms with E-state index in [1.807, 2.05) is 38.1 Å². The molecule has 9 heteroatoms. The second kappa shape index (κ2) is 12.9. The van der Waals surface area contributed by atoms with Gasteiger partial charge in [-0.3, -0.25) is 14.4 Å². The maximum absolute atomic E-state index is 13.1. The molecule has 1 aromatic carbocycles. The van der Waals surface area contributed by atoms with Crippen molar-refractivity contribution in [2.24, 2.45) is 11.8 Å². The van der Waals surface area contributed by atoms with E-state index in [1.165, 1.54) is 5.56 Å². The van der Waals surface area contributed by atoms with Gasteiger partial charge in [0.15, 0.2) is 0 Å². The van der Waals surface area contributed by atoms with Crippen molar-refractivity contribution in [3.63, 3.8) is 0 Å². The van der Waals surface area contributed by atoms with E-state index in [9.17, 15) is 19.2 Å². The van der Waals surface area contributed by atoms with Crippen LogP contribution in [0.1, 0.15) is 79.7 Å². The Morgan fingerprint density at radius 1 is 0.919 bits per heavy atom. The van der Waals surface area contributed by atoms with Gasteiger partial charge in [0.05, 0.1) is 0 Å². The first-order valence-corrected chi connectivity index (χ1v) is 13.2. The number of carbonyl (C=O) groups is 4. The standard InChI is InChI=1S/C28H44N4O5/c1-17(2)20-9-11-22(12-10-20)30-24(33)19(5)29-25(34)21-13-15-32(16-14-21)26(35)23(18(3)4)31-27(36)37-28(6,7)8/h9-12,17-19,21,23H,13-16H2,1-8H3,(H,29,34)(H,30,33)(H,31,36). The Morgan fingerprint density at radius 3 is 1.97 bits per heavy atom. The first kappa shape index (κ1) is 30.1. The van der Waals surface area contributed by atoms with Gasteiger partial charge in [-0.1, -0.05) is 39.8 Å². The Bertz CT molecular complexity index is 944. The zero-order valence-corrected chi connectivity index (χ0v) is 23.5. The van der Waals surface area contributed by atoms with Gasteiger partial charge >= 0.3 is 6.09 Å². The maximum Gasteiger partial charge on any atom is 0.408 e. The van der Waals surface area contributed by atoms with Crippen molar-refractivity contribution in [2.45, 2.75) is 91.8 Å². The average Bonchev–Trinajstić information content (AvgIpc) is 2.81. The molecule has 1 heterocycles. The summed E-state index contributed by atoms with van der Waals surface area (Å²) in [5, 5.41) is 8.34. The highest BCUT2D eigenvalue weighted by molar-refractivity contribution is 5.97. The van der Waals surface area contributed by atoms with Gasteiger partial charge < -0.3 is 25.6 Å². The maximum atomic E-state index is 13.1. The molecule has 1 aromatic rings. The number of likely N-dealkylation sites (tertiary alicyclic amines) is 1. The third-order valence-corrected chi connectivity index (χ3v) is 6.38. The lowest BCUT2D eigenvalue weighted by atomic mass is 9.94. The number of hydrogen-bond donors (Lipinski definition) is 3. The van der Waals surface area contributed by atoms with Crippen LogP contribution in [0.5, 0.6) is 0 Å². The summed E-state index contributed by atoms with van der Waals surface area (Å²) in [5.41, 5.74) is 1.21. The van der Waals surface area contributed by atoms with E-state index in [2.05, 4.69) is 29.8 Å². The van der Waals surface area contributed by atoms with Gasteiger partial charge in [-0.25, -0.2) is 4.79 Å². The van der Waals surface area contributed by atoms with Crippen molar-refractivity contribution in [2.75, 3.05) is 18.4 Å². The van der Waals surface area contributed by atoms with Gasteiger partial charge in [0.1, 0.15) is 17.7 Å². The molecule has 0 spiro atoms. The van der Waals surface area contributed by atoms with Crippen molar-refractivity contribution in [1.82, 2.24) is 15.5 Å². The summed E-state index contributed by atoms with van der Waals surface area (Å²) in [7, 11) is 0. The second-order valence-corrected chi connectivity index (χ2v) is 11.5. The van der Waals surface area contributed by atoms with Gasteiger partial charge in [-0.05, 0) is 70.1 Å². The van der Waals surface area contributed by atoms with Crippen LogP contribution in [-0.2, 0) is 19.1 Å². The van der Waals surface area contributed by atoms with E-state index in [4.69, 9.17) is 4.74 Å². The summed E-state index contributed by atoms with van der Waals surface area (Å²) in [4.78, 5) is 52.4. The second-order valence-electron chi connectivity index (χ2n) is 11.5. The highest BCUT2D eigenvalue weighted by atomic mass is 16.6. The van der Waals surface area contributed by atoms with Gasteiger partial charge in [-0.15, -0.1) is 0 Å². The Hall–Kier alpha value is -3.10. The summed E-state index contributed by atoms with van der Waals surface area (Å²) >= 11 is 0. The fourth-order valence-electron chi connectivity index (χ4n) is 4.11. The number of benzene rings is 1. The number of piperidine rings is 1. The summed E-state index contributed by atoms with van der Waals surface area (Å²) in [5.74, 6) is -0.676. The van der Waals surface area contributed by atoms with E-state index in [-0.39, 0.29) is 29.6 Å². The molecule has 0 saturated carbocycles. The molecule has 1 saturated heterocycles. The number of hydrogen-bond acceptors (Lipinski definition) is 5. The van der Waals surface area contributed by atoms with Gasteiger partial charge in [0, 0.05) is 24.7 Å². The minimum absolute atomic E-state index is 0.123. The van der Waals surface area contributed by atoms with E-state index in [0.29, 0.717) is 37.5 Å². The molecular weight excluding hydrogens is 472 g/mol. The highest BCUT2D eigenvalue weighted by Gasteiger charge is 2.34. The number of nitrogens with one attached hydrogen (secondary N) is 3. The largest absolute Gasteiger partial charge is 0.444 e. The summed E-state index contributed by atoms with van der Waals surface area (Å²) in [6.45, 7) is 15.7. The lowest BCUT2D eigenvalue weighted by Crippen LogP contribution is -2.54. The molecule has 0 aliphatic carbocycles. The molecule has 1 aliphatic heterocycles. The van der Waals surface area contributed by atoms with Gasteiger partial charge in [-0.2, -0.15) is 0 Å². The molecule has 37 heavy (non-hydrogen) atoms. The number of carbonyl (C=O) groups excluding carboxylic acids is 4. The fraction of sp³-hybridized carbons (Fsp3) is 0.643. The summed E-state index contributed by atoms with van der Waals surface area (Å²) < 4.78 is 5.31. The molecule has 0 bridgehead atoms. The van der Waals surface area contributed by atoms with Crippen molar-refractivity contribution in [3.8, 4) is 0 Å². The van der Waals surface area contributed by atoms with Crippen LogP contribution < -0.4 is 16.0 Å². The number of amides is 4. The van der Waals surface area contributed by atoms with Crippen LogP contribution in [0.3, 0.4) is 0 Å². The minimum atomic E-state index is -0.710. The normalized spacial score (nSPS) is 16.2. The van der Waals surface area contributed by atoms with E-state index >= 15 is 0 Å². The van der Waals surface area contributed by atoms with E-state index in [1.54, 1.807) is 32.6 Å². The SMILES string of the molecule is CC(NC(=O)C1CCN(C(=O)C(NC(=O)OC(C)(C)C)C(C)C)CC1)C(=O)Nc1ccc(C(C)C)cc1. The number of alkyl carbamates (subject to hydrolysis) is 1. The quantitative estimate of drug-likeness (QED) is 0.482. The topological polar surface area (TPSA) is 117 Å². The smallest absolute Gasteiger partial charge is 0.408 e. The zero-order valence-electron chi connectivity index (χ0n) is 23.5. The Labute approximate surface area is 221 Å². The Kier molecular flexibility index (Phi) is 10.5.